The van der Waals surface area contributed by atoms with Crippen molar-refractivity contribution in [1.82, 2.24) is 20.2 Å². The van der Waals surface area contributed by atoms with Gasteiger partial charge in [0.1, 0.15) is 12.1 Å². The van der Waals surface area contributed by atoms with Gasteiger partial charge in [0.25, 0.3) is 5.91 Å². The molecule has 0 radical (unpaired) electrons. The Kier molecular flexibility index (Phi) is 5.74. The number of halogens is 1. The third-order valence-electron chi connectivity index (χ3n) is 7.49. The highest BCUT2D eigenvalue weighted by Gasteiger charge is 2.41. The first-order valence-electron chi connectivity index (χ1n) is 12.2. The van der Waals surface area contributed by atoms with Crippen LogP contribution in [0.3, 0.4) is 0 Å². The number of benzene rings is 3. The van der Waals surface area contributed by atoms with E-state index in [0.717, 1.165) is 54.1 Å². The SMILES string of the molecule is O=C(NC1C[C@H]2CC[C@H](C1)N2Cc1ccc2cc(F)ccc2c1)c1ccccc1-c1cncnc1. The molecule has 3 aromatic carbocycles. The van der Waals surface area contributed by atoms with E-state index < -0.39 is 0 Å². The molecule has 3 heterocycles. The monoisotopic (exact) mass is 466 g/mol. The van der Waals surface area contributed by atoms with Crippen molar-refractivity contribution < 1.29 is 9.18 Å². The first-order valence-corrected chi connectivity index (χ1v) is 12.2. The Morgan fingerprint density at radius 1 is 0.943 bits per heavy atom. The van der Waals surface area contributed by atoms with Crippen LogP contribution in [0.5, 0.6) is 0 Å². The molecule has 1 aromatic heterocycles. The molecule has 2 saturated heterocycles. The Morgan fingerprint density at radius 2 is 1.66 bits per heavy atom. The fourth-order valence-electron chi connectivity index (χ4n) is 5.86. The molecule has 0 unspecified atom stereocenters. The van der Waals surface area contributed by atoms with Gasteiger partial charge in [0.2, 0.25) is 0 Å². The first kappa shape index (κ1) is 21.9. The van der Waals surface area contributed by atoms with E-state index in [9.17, 15) is 9.18 Å². The summed E-state index contributed by atoms with van der Waals surface area (Å²) in [7, 11) is 0. The van der Waals surface area contributed by atoms with E-state index in [4.69, 9.17) is 0 Å². The maximum absolute atomic E-state index is 13.5. The normalized spacial score (nSPS) is 21.8. The molecule has 5 nitrogen and oxygen atoms in total. The molecule has 2 aliphatic rings. The van der Waals surface area contributed by atoms with Crippen molar-refractivity contribution in [3.63, 3.8) is 0 Å². The molecular weight excluding hydrogens is 439 g/mol. The zero-order chi connectivity index (χ0) is 23.8. The molecule has 35 heavy (non-hydrogen) atoms. The van der Waals surface area contributed by atoms with Gasteiger partial charge in [-0.2, -0.15) is 0 Å². The van der Waals surface area contributed by atoms with E-state index in [1.807, 2.05) is 36.4 Å². The van der Waals surface area contributed by atoms with Crippen molar-refractivity contribution in [3.8, 4) is 11.1 Å². The minimum Gasteiger partial charge on any atom is -0.349 e. The van der Waals surface area contributed by atoms with Crippen molar-refractivity contribution in [2.24, 2.45) is 0 Å². The average Bonchev–Trinajstić information content (AvgIpc) is 3.11. The van der Waals surface area contributed by atoms with Crippen LogP contribution in [0.1, 0.15) is 41.6 Å². The molecule has 0 aliphatic carbocycles. The molecule has 1 N–H and O–H groups in total. The second-order valence-electron chi connectivity index (χ2n) is 9.70. The van der Waals surface area contributed by atoms with Crippen LogP contribution in [0.4, 0.5) is 4.39 Å². The van der Waals surface area contributed by atoms with Gasteiger partial charge in [0, 0.05) is 48.2 Å². The fraction of sp³-hybridized carbons (Fsp3) is 0.276. The predicted octanol–water partition coefficient (Wildman–Crippen LogP) is 5.36. The van der Waals surface area contributed by atoms with Crippen LogP contribution >= 0.6 is 0 Å². The predicted molar refractivity (Wildman–Crippen MR) is 134 cm³/mol. The number of nitrogens with zero attached hydrogens (tertiary/aromatic N) is 3. The number of carbonyl (C=O) groups excluding carboxylic acids is 1. The zero-order valence-electron chi connectivity index (χ0n) is 19.4. The summed E-state index contributed by atoms with van der Waals surface area (Å²) in [4.78, 5) is 24.1. The number of rotatable bonds is 5. The van der Waals surface area contributed by atoms with Crippen LogP contribution in [-0.4, -0.2) is 38.9 Å². The lowest BCUT2D eigenvalue weighted by Gasteiger charge is -2.39. The molecule has 6 rings (SSSR count). The van der Waals surface area contributed by atoms with Gasteiger partial charge in [-0.05, 0) is 71.8 Å². The van der Waals surface area contributed by atoms with Crippen LogP contribution in [0.25, 0.3) is 21.9 Å². The summed E-state index contributed by atoms with van der Waals surface area (Å²) in [5.41, 5.74) is 3.60. The van der Waals surface area contributed by atoms with Gasteiger partial charge in [0.15, 0.2) is 0 Å². The Hall–Kier alpha value is -3.64. The topological polar surface area (TPSA) is 58.1 Å². The average molecular weight is 467 g/mol. The largest absolute Gasteiger partial charge is 0.349 e. The molecule has 0 spiro atoms. The maximum Gasteiger partial charge on any atom is 0.252 e. The summed E-state index contributed by atoms with van der Waals surface area (Å²) in [6, 6.07) is 20.0. The van der Waals surface area contributed by atoms with Gasteiger partial charge < -0.3 is 5.32 Å². The van der Waals surface area contributed by atoms with Gasteiger partial charge in [-0.3, -0.25) is 9.69 Å². The van der Waals surface area contributed by atoms with Crippen LogP contribution in [-0.2, 0) is 6.54 Å². The number of aromatic nitrogens is 2. The van der Waals surface area contributed by atoms with Crippen LogP contribution in [0.15, 0.2) is 79.4 Å². The molecule has 2 bridgehead atoms. The van der Waals surface area contributed by atoms with Crippen molar-refractivity contribution in [2.75, 3.05) is 0 Å². The van der Waals surface area contributed by atoms with Gasteiger partial charge in [-0.1, -0.05) is 36.4 Å². The number of piperidine rings is 1. The van der Waals surface area contributed by atoms with Crippen molar-refractivity contribution in [1.29, 1.82) is 0 Å². The lowest BCUT2D eigenvalue weighted by molar-refractivity contribution is 0.0828. The molecule has 0 saturated carbocycles. The lowest BCUT2D eigenvalue weighted by atomic mass is 9.95. The summed E-state index contributed by atoms with van der Waals surface area (Å²) in [5.74, 6) is -0.240. The molecule has 176 valence electrons. The second kappa shape index (κ2) is 9.19. The van der Waals surface area contributed by atoms with E-state index in [1.54, 1.807) is 18.5 Å². The van der Waals surface area contributed by atoms with E-state index >= 15 is 0 Å². The second-order valence-corrected chi connectivity index (χ2v) is 9.70. The molecule has 6 heteroatoms. The number of carbonyl (C=O) groups is 1. The van der Waals surface area contributed by atoms with Gasteiger partial charge in [-0.25, -0.2) is 14.4 Å². The first-order chi connectivity index (χ1) is 17.1. The molecule has 4 aromatic rings. The quantitative estimate of drug-likeness (QED) is 0.430. The number of hydrogen-bond donors (Lipinski definition) is 1. The van der Waals surface area contributed by atoms with Crippen molar-refractivity contribution in [3.05, 3.63) is 96.3 Å². The fourth-order valence-corrected chi connectivity index (χ4v) is 5.86. The Bertz CT molecular complexity index is 1360. The van der Waals surface area contributed by atoms with Crippen LogP contribution in [0.2, 0.25) is 0 Å². The smallest absolute Gasteiger partial charge is 0.252 e. The van der Waals surface area contributed by atoms with E-state index in [0.29, 0.717) is 17.6 Å². The lowest BCUT2D eigenvalue weighted by Crippen LogP contribution is -2.50. The van der Waals surface area contributed by atoms with E-state index in [2.05, 4.69) is 32.3 Å². The van der Waals surface area contributed by atoms with Crippen molar-refractivity contribution in [2.45, 2.75) is 50.4 Å². The molecule has 2 aliphatic heterocycles. The van der Waals surface area contributed by atoms with Gasteiger partial charge in [0.05, 0.1) is 0 Å². The standard InChI is InChI=1S/C29H27FN4O/c30-23-8-7-20-11-19(5-6-21(20)12-23)17-34-25-9-10-26(34)14-24(13-25)33-29(35)28-4-2-1-3-27(28)22-15-31-18-32-16-22/h1-8,11-12,15-16,18,24-26H,9-10,13-14,17H2,(H,33,35)/t25-,26-/m1/s1. The minimum atomic E-state index is -0.202. The van der Waals surface area contributed by atoms with Gasteiger partial charge >= 0.3 is 0 Å². The summed E-state index contributed by atoms with van der Waals surface area (Å²) in [6.07, 6.45) is 9.20. The van der Waals surface area contributed by atoms with Crippen molar-refractivity contribution >= 4 is 16.7 Å². The highest BCUT2D eigenvalue weighted by molar-refractivity contribution is 6.00. The highest BCUT2D eigenvalue weighted by Crippen LogP contribution is 2.37. The zero-order valence-corrected chi connectivity index (χ0v) is 19.4. The number of amides is 1. The summed E-state index contributed by atoms with van der Waals surface area (Å²) < 4.78 is 13.5. The highest BCUT2D eigenvalue weighted by atomic mass is 19.1. The van der Waals surface area contributed by atoms with E-state index in [1.165, 1.54) is 18.0 Å². The summed E-state index contributed by atoms with van der Waals surface area (Å²) >= 11 is 0. The molecule has 2 fully saturated rings. The molecule has 1 amide bonds. The molecule has 2 atom stereocenters. The third kappa shape index (κ3) is 4.42. The summed E-state index contributed by atoms with van der Waals surface area (Å²) in [6.45, 7) is 0.889. The molecular formula is C29H27FN4O. The number of fused-ring (bicyclic) bond motifs is 3. The Labute approximate surface area is 204 Å². The summed E-state index contributed by atoms with van der Waals surface area (Å²) in [5, 5.41) is 5.32. The minimum absolute atomic E-state index is 0.0379. The Balaban J connectivity index is 1.14. The third-order valence-corrected chi connectivity index (χ3v) is 7.49. The van der Waals surface area contributed by atoms with E-state index in [-0.39, 0.29) is 17.8 Å². The number of nitrogens with one attached hydrogen (secondary N) is 1. The van der Waals surface area contributed by atoms with Gasteiger partial charge in [-0.15, -0.1) is 0 Å². The maximum atomic E-state index is 13.5. The van der Waals surface area contributed by atoms with Crippen LogP contribution < -0.4 is 5.32 Å². The van der Waals surface area contributed by atoms with Crippen LogP contribution in [0, 0.1) is 5.82 Å². The number of hydrogen-bond acceptors (Lipinski definition) is 4. The Morgan fingerprint density at radius 3 is 2.46 bits per heavy atom.